The Morgan fingerprint density at radius 3 is 2.50 bits per heavy atom. The second kappa shape index (κ2) is 7.29. The lowest BCUT2D eigenvalue weighted by Gasteiger charge is -2.37. The molecule has 1 spiro atoms. The molecular weight excluding hydrogens is 332 g/mol. The van der Waals surface area contributed by atoms with Crippen LogP contribution >= 0.6 is 0 Å². The topological polar surface area (TPSA) is 67.7 Å². The van der Waals surface area contributed by atoms with Crippen LogP contribution in [0.4, 0.5) is 4.79 Å². The van der Waals surface area contributed by atoms with Crippen LogP contribution in [0, 0.1) is 12.8 Å². The molecule has 0 unspecified atom stereocenters. The van der Waals surface area contributed by atoms with Gasteiger partial charge in [-0.05, 0) is 12.8 Å². The molecule has 1 aromatic rings. The third-order valence-corrected chi connectivity index (χ3v) is 5.88. The maximum absolute atomic E-state index is 12.7. The first-order chi connectivity index (χ1) is 12.4. The summed E-state index contributed by atoms with van der Waals surface area (Å²) in [6.07, 6.45) is 5.11. The van der Waals surface area contributed by atoms with E-state index in [4.69, 9.17) is 4.74 Å². The van der Waals surface area contributed by atoms with Crippen LogP contribution < -0.4 is 0 Å². The minimum atomic E-state index is -0.427. The van der Waals surface area contributed by atoms with Crippen LogP contribution in [-0.2, 0) is 11.8 Å². The average molecular weight is 362 g/mol. The Labute approximate surface area is 155 Å². The van der Waals surface area contributed by atoms with Gasteiger partial charge >= 0.3 is 6.09 Å². The van der Waals surface area contributed by atoms with E-state index in [1.54, 1.807) is 10.9 Å². The van der Waals surface area contributed by atoms with Crippen molar-refractivity contribution >= 4 is 12.0 Å². The summed E-state index contributed by atoms with van der Waals surface area (Å²) >= 11 is 0. The molecule has 144 valence electrons. The van der Waals surface area contributed by atoms with Gasteiger partial charge < -0.3 is 14.5 Å². The van der Waals surface area contributed by atoms with Gasteiger partial charge in [-0.3, -0.25) is 9.48 Å². The van der Waals surface area contributed by atoms with Crippen LogP contribution in [0.15, 0.2) is 6.20 Å². The SMILES string of the molecule is CCC(CC)CN1CC2(CCN(C(=O)c3cn(C)nc3C)CC2)OC1=O. The molecule has 7 heteroatoms. The molecule has 2 fully saturated rings. The molecule has 0 bridgehead atoms. The monoisotopic (exact) mass is 362 g/mol. The zero-order chi connectivity index (χ0) is 18.9. The van der Waals surface area contributed by atoms with E-state index in [1.807, 2.05) is 23.8 Å². The summed E-state index contributed by atoms with van der Waals surface area (Å²) in [4.78, 5) is 28.8. The Morgan fingerprint density at radius 1 is 1.31 bits per heavy atom. The predicted octanol–water partition coefficient (Wildman–Crippen LogP) is 2.59. The van der Waals surface area contributed by atoms with Gasteiger partial charge in [0.15, 0.2) is 0 Å². The Balaban J connectivity index is 1.60. The van der Waals surface area contributed by atoms with E-state index >= 15 is 0 Å². The molecule has 2 aliphatic heterocycles. The molecule has 0 aromatic carbocycles. The normalized spacial score (nSPS) is 19.5. The lowest BCUT2D eigenvalue weighted by molar-refractivity contribution is 0.00310. The average Bonchev–Trinajstić information content (AvgIpc) is 3.11. The van der Waals surface area contributed by atoms with Gasteiger partial charge in [0.25, 0.3) is 5.91 Å². The molecule has 1 aromatic heterocycles. The van der Waals surface area contributed by atoms with Gasteiger partial charge in [-0.25, -0.2) is 4.79 Å². The van der Waals surface area contributed by atoms with E-state index in [2.05, 4.69) is 18.9 Å². The number of hydrogen-bond acceptors (Lipinski definition) is 4. The van der Waals surface area contributed by atoms with Crippen molar-refractivity contribution in [3.63, 3.8) is 0 Å². The van der Waals surface area contributed by atoms with Gasteiger partial charge in [-0.2, -0.15) is 5.10 Å². The number of carbonyl (C=O) groups is 2. The highest BCUT2D eigenvalue weighted by Crippen LogP contribution is 2.34. The van der Waals surface area contributed by atoms with Crippen LogP contribution in [0.25, 0.3) is 0 Å². The third kappa shape index (κ3) is 3.57. The van der Waals surface area contributed by atoms with Crippen LogP contribution in [0.3, 0.4) is 0 Å². The molecule has 3 rings (SSSR count). The Kier molecular flexibility index (Phi) is 5.25. The number of likely N-dealkylation sites (tertiary alicyclic amines) is 1. The molecule has 26 heavy (non-hydrogen) atoms. The highest BCUT2D eigenvalue weighted by Gasteiger charge is 2.47. The van der Waals surface area contributed by atoms with Gasteiger partial charge in [0.05, 0.1) is 17.8 Å². The van der Waals surface area contributed by atoms with Gasteiger partial charge in [0.1, 0.15) is 5.60 Å². The first-order valence-corrected chi connectivity index (χ1v) is 9.65. The molecule has 0 atom stereocenters. The minimum Gasteiger partial charge on any atom is -0.441 e. The number of ether oxygens (including phenoxy) is 1. The van der Waals surface area contributed by atoms with E-state index in [1.165, 1.54) is 0 Å². The van der Waals surface area contributed by atoms with Crippen LogP contribution in [0.2, 0.25) is 0 Å². The summed E-state index contributed by atoms with van der Waals surface area (Å²) in [5, 5.41) is 4.25. The summed E-state index contributed by atoms with van der Waals surface area (Å²) < 4.78 is 7.46. The lowest BCUT2D eigenvalue weighted by Crippen LogP contribution is -2.49. The zero-order valence-electron chi connectivity index (χ0n) is 16.3. The Morgan fingerprint density at radius 2 is 1.96 bits per heavy atom. The number of aryl methyl sites for hydroxylation is 2. The van der Waals surface area contributed by atoms with Crippen molar-refractivity contribution in [1.29, 1.82) is 0 Å². The first-order valence-electron chi connectivity index (χ1n) is 9.65. The maximum Gasteiger partial charge on any atom is 0.410 e. The number of amides is 2. The van der Waals surface area contributed by atoms with E-state index in [9.17, 15) is 9.59 Å². The summed E-state index contributed by atoms with van der Waals surface area (Å²) in [5.41, 5.74) is 0.979. The van der Waals surface area contributed by atoms with Gasteiger partial charge in [0.2, 0.25) is 0 Å². The Bertz CT molecular complexity index is 672. The van der Waals surface area contributed by atoms with E-state index < -0.39 is 5.60 Å². The highest BCUT2D eigenvalue weighted by atomic mass is 16.6. The lowest BCUT2D eigenvalue weighted by atomic mass is 9.90. The van der Waals surface area contributed by atoms with Crippen molar-refractivity contribution in [3.8, 4) is 0 Å². The molecule has 2 saturated heterocycles. The minimum absolute atomic E-state index is 0.0173. The summed E-state index contributed by atoms with van der Waals surface area (Å²) in [7, 11) is 1.82. The summed E-state index contributed by atoms with van der Waals surface area (Å²) in [5.74, 6) is 0.539. The van der Waals surface area contributed by atoms with Crippen LogP contribution in [-0.4, -0.2) is 63.4 Å². The zero-order valence-corrected chi connectivity index (χ0v) is 16.3. The number of aromatic nitrogens is 2. The molecule has 0 aliphatic carbocycles. The number of rotatable bonds is 5. The van der Waals surface area contributed by atoms with Gasteiger partial charge in [0, 0.05) is 45.7 Å². The smallest absolute Gasteiger partial charge is 0.410 e. The molecule has 7 nitrogen and oxygen atoms in total. The number of carbonyl (C=O) groups excluding carboxylic acids is 2. The van der Waals surface area contributed by atoms with Crippen molar-refractivity contribution in [2.45, 2.75) is 52.1 Å². The summed E-state index contributed by atoms with van der Waals surface area (Å²) in [6.45, 7) is 8.82. The largest absolute Gasteiger partial charge is 0.441 e. The molecule has 0 radical (unpaired) electrons. The quantitative estimate of drug-likeness (QED) is 0.807. The fraction of sp³-hybridized carbons (Fsp3) is 0.737. The second-order valence-electron chi connectivity index (χ2n) is 7.71. The van der Waals surface area contributed by atoms with E-state index in [-0.39, 0.29) is 12.0 Å². The third-order valence-electron chi connectivity index (χ3n) is 5.88. The number of piperidine rings is 1. The summed E-state index contributed by atoms with van der Waals surface area (Å²) in [6, 6.07) is 0. The van der Waals surface area contributed by atoms with Crippen LogP contribution in [0.5, 0.6) is 0 Å². The fourth-order valence-electron chi connectivity index (χ4n) is 4.05. The molecule has 0 N–H and O–H groups in total. The van der Waals surface area contributed by atoms with Crippen LogP contribution in [0.1, 0.15) is 55.6 Å². The van der Waals surface area contributed by atoms with E-state index in [0.29, 0.717) is 44.0 Å². The van der Waals surface area contributed by atoms with Crippen molar-refractivity contribution < 1.29 is 14.3 Å². The molecular formula is C19H30N4O3. The molecule has 0 saturated carbocycles. The van der Waals surface area contributed by atoms with Gasteiger partial charge in [-0.15, -0.1) is 0 Å². The number of hydrogen-bond donors (Lipinski definition) is 0. The van der Waals surface area contributed by atoms with E-state index in [0.717, 1.165) is 25.1 Å². The van der Waals surface area contributed by atoms with Crippen molar-refractivity contribution in [1.82, 2.24) is 19.6 Å². The highest BCUT2D eigenvalue weighted by molar-refractivity contribution is 5.95. The maximum atomic E-state index is 12.7. The molecule has 2 amide bonds. The first kappa shape index (κ1) is 18.7. The van der Waals surface area contributed by atoms with Crippen molar-refractivity contribution in [2.75, 3.05) is 26.2 Å². The van der Waals surface area contributed by atoms with Crippen molar-refractivity contribution in [3.05, 3.63) is 17.5 Å². The van der Waals surface area contributed by atoms with Gasteiger partial charge in [-0.1, -0.05) is 26.7 Å². The second-order valence-corrected chi connectivity index (χ2v) is 7.71. The van der Waals surface area contributed by atoms with Crippen molar-refractivity contribution in [2.24, 2.45) is 13.0 Å². The standard InChI is InChI=1S/C19H30N4O3/c1-5-15(6-2)11-23-13-19(26-18(23)25)7-9-22(10-8-19)17(24)16-12-21(4)20-14(16)3/h12,15H,5-11,13H2,1-4H3. The fourth-order valence-corrected chi connectivity index (χ4v) is 4.05. The molecule has 2 aliphatic rings. The number of nitrogens with zero attached hydrogens (tertiary/aromatic N) is 4. The molecule has 3 heterocycles. The predicted molar refractivity (Wildman–Crippen MR) is 97.9 cm³/mol. The Hall–Kier alpha value is -2.05.